The number of rotatable bonds is 1. The van der Waals surface area contributed by atoms with Crippen LogP contribution >= 0.6 is 0 Å². The van der Waals surface area contributed by atoms with E-state index in [1.54, 1.807) is 0 Å². The van der Waals surface area contributed by atoms with Gasteiger partial charge in [0.1, 0.15) is 0 Å². The Morgan fingerprint density at radius 3 is 1.83 bits per heavy atom. The van der Waals surface area contributed by atoms with E-state index in [4.69, 9.17) is 4.55 Å². The molecule has 0 bridgehead atoms. The van der Waals surface area contributed by atoms with E-state index in [-0.39, 0.29) is 2.56 Å². The average molecular weight is 184 g/mol. The Balaban J connectivity index is 3.85. The van der Waals surface area contributed by atoms with Crippen molar-refractivity contribution in [3.05, 3.63) is 0 Å². The molecule has 0 heterocycles. The van der Waals surface area contributed by atoms with Crippen molar-refractivity contribution in [2.75, 3.05) is 2.56 Å². The van der Waals surface area contributed by atoms with Gasteiger partial charge in [-0.15, -0.1) is 0 Å². The fourth-order valence-electron chi connectivity index (χ4n) is 0. The molecule has 0 aliphatic heterocycles. The zero-order valence-electron chi connectivity index (χ0n) is 2.96. The van der Waals surface area contributed by atoms with Gasteiger partial charge in [0.15, 0.2) is 0 Å². The van der Waals surface area contributed by atoms with E-state index in [1.807, 2.05) is 0 Å². The molecular formula is CH3O3SY. The summed E-state index contributed by atoms with van der Waals surface area (Å²) in [7, 11) is -3.60. The van der Waals surface area contributed by atoms with E-state index in [9.17, 15) is 8.42 Å². The van der Waals surface area contributed by atoms with E-state index >= 15 is 0 Å². The van der Waals surface area contributed by atoms with Crippen molar-refractivity contribution < 1.29 is 43.9 Å². The summed E-state index contributed by atoms with van der Waals surface area (Å²) in [4.78, 5) is 0. The zero-order chi connectivity index (χ0) is 5.21. The van der Waals surface area contributed by atoms with Crippen LogP contribution in [0.2, 0.25) is 0 Å². The molecule has 0 amide bonds. The number of hydrogen-bond acceptors (Lipinski definition) is 2. The topological polar surface area (TPSA) is 54.4 Å². The monoisotopic (exact) mass is 184 g/mol. The van der Waals surface area contributed by atoms with E-state index in [0.29, 0.717) is 31.0 Å². The molecule has 6 heavy (non-hydrogen) atoms. The minimum atomic E-state index is -3.60. The van der Waals surface area contributed by atoms with Crippen LogP contribution in [-0.4, -0.2) is 15.5 Å². The molecule has 0 aromatic carbocycles. The van der Waals surface area contributed by atoms with Gasteiger partial charge in [0, 0.05) is 0 Å². The van der Waals surface area contributed by atoms with Gasteiger partial charge in [-0.1, -0.05) is 0 Å². The first-order chi connectivity index (χ1) is 2.56. The standard InChI is InChI=1S/CH3O3S.Y/c1-5(2,3)4;/h1H2,(H,2,3,4);. The van der Waals surface area contributed by atoms with Gasteiger partial charge in [-0.05, 0) is 0 Å². The molecule has 0 radical (unpaired) electrons. The van der Waals surface area contributed by atoms with Crippen molar-refractivity contribution in [3.63, 3.8) is 0 Å². The third-order valence-electron chi connectivity index (χ3n) is 0.211. The molecule has 0 aromatic rings. The van der Waals surface area contributed by atoms with Crippen LogP contribution in [0.5, 0.6) is 0 Å². The normalized spacial score (nSPS) is 11.3. The second kappa shape index (κ2) is 2.35. The maximum atomic E-state index is 9.59. The second-order valence-corrected chi connectivity index (χ2v) is 4.70. The molecule has 0 fully saturated rings. The fraction of sp³-hybridized carbons (Fsp3) is 1.00. The molecule has 0 spiro atoms. The Labute approximate surface area is 56.3 Å². The van der Waals surface area contributed by atoms with Crippen LogP contribution in [0.15, 0.2) is 0 Å². The third-order valence-corrected chi connectivity index (χ3v) is 3.74. The first kappa shape index (κ1) is 7.01. The SMILES string of the molecule is O=S(=O)(O)[CH2][Y]. The predicted octanol–water partition coefficient (Wildman–Crippen LogP) is -0.621. The molecule has 34 valence electrons. The van der Waals surface area contributed by atoms with Gasteiger partial charge in [0.25, 0.3) is 0 Å². The Kier molecular flexibility index (Phi) is 2.75. The zero-order valence-corrected chi connectivity index (χ0v) is 6.61. The summed E-state index contributed by atoms with van der Waals surface area (Å²) >= 11 is 0.565. The third kappa shape index (κ3) is 5.01. The van der Waals surface area contributed by atoms with Gasteiger partial charge < -0.3 is 0 Å². The molecule has 1 N–H and O–H groups in total. The summed E-state index contributed by atoms with van der Waals surface area (Å²) in [6.07, 6.45) is 0. The molecule has 0 atom stereocenters. The van der Waals surface area contributed by atoms with Crippen molar-refractivity contribution >= 4 is 10.1 Å². The summed E-state index contributed by atoms with van der Waals surface area (Å²) in [5.74, 6) is 0. The predicted molar refractivity (Wildman–Crippen MR) is 16.4 cm³/mol. The summed E-state index contributed by atoms with van der Waals surface area (Å²) in [6, 6.07) is 0. The van der Waals surface area contributed by atoms with Gasteiger partial charge in [0.2, 0.25) is 0 Å². The molecule has 0 aliphatic rings. The van der Waals surface area contributed by atoms with Gasteiger partial charge in [-0.3, -0.25) is 0 Å². The Morgan fingerprint density at radius 2 is 1.83 bits per heavy atom. The van der Waals surface area contributed by atoms with Crippen LogP contribution in [0.25, 0.3) is 0 Å². The Morgan fingerprint density at radius 1 is 1.67 bits per heavy atom. The average Bonchev–Trinajstić information content (AvgIpc) is 1.35. The van der Waals surface area contributed by atoms with Crippen molar-refractivity contribution in [1.82, 2.24) is 0 Å². The Hall–Kier alpha value is 1.01. The number of hydrogen-bond donors (Lipinski definition) is 1. The molecule has 0 aliphatic carbocycles. The Bertz CT molecular complexity index is 113. The molecule has 0 aromatic heterocycles. The van der Waals surface area contributed by atoms with Crippen LogP contribution in [0.4, 0.5) is 0 Å². The molecular weight excluding hydrogens is 181 g/mol. The first-order valence-electron chi connectivity index (χ1n) is 1.21. The summed E-state index contributed by atoms with van der Waals surface area (Å²) < 4.78 is 26.9. The van der Waals surface area contributed by atoms with Crippen molar-refractivity contribution in [2.45, 2.75) is 0 Å². The van der Waals surface area contributed by atoms with E-state index < -0.39 is 10.1 Å². The summed E-state index contributed by atoms with van der Waals surface area (Å²) in [5, 5.41) is 0. The van der Waals surface area contributed by atoms with Gasteiger partial charge in [-0.2, -0.15) is 0 Å². The van der Waals surface area contributed by atoms with Crippen LogP contribution in [-0.2, 0) is 41.1 Å². The van der Waals surface area contributed by atoms with Crippen molar-refractivity contribution in [2.24, 2.45) is 0 Å². The summed E-state index contributed by atoms with van der Waals surface area (Å²) in [6.45, 7) is 0. The molecule has 0 saturated carbocycles. The van der Waals surface area contributed by atoms with Gasteiger partial charge in [0.05, 0.1) is 0 Å². The second-order valence-electron chi connectivity index (χ2n) is 0.749. The molecule has 5 heteroatoms. The maximum absolute atomic E-state index is 9.59. The van der Waals surface area contributed by atoms with E-state index in [1.165, 1.54) is 0 Å². The molecule has 3 nitrogen and oxygen atoms in total. The molecule has 0 saturated heterocycles. The quantitative estimate of drug-likeness (QED) is 0.552. The van der Waals surface area contributed by atoms with Crippen molar-refractivity contribution in [1.29, 1.82) is 0 Å². The van der Waals surface area contributed by atoms with Crippen LogP contribution in [0, 0.1) is 0 Å². The van der Waals surface area contributed by atoms with Crippen molar-refractivity contribution in [3.8, 4) is 0 Å². The van der Waals surface area contributed by atoms with Crippen LogP contribution in [0.3, 0.4) is 0 Å². The van der Waals surface area contributed by atoms with Gasteiger partial charge in [-0.25, -0.2) is 0 Å². The van der Waals surface area contributed by atoms with Crippen LogP contribution in [0.1, 0.15) is 0 Å². The first-order valence-corrected chi connectivity index (χ1v) is 4.83. The van der Waals surface area contributed by atoms with Gasteiger partial charge >= 0.3 is 56.6 Å². The van der Waals surface area contributed by atoms with Crippen LogP contribution < -0.4 is 0 Å². The molecule has 0 unspecified atom stereocenters. The summed E-state index contributed by atoms with van der Waals surface area (Å²) in [5.41, 5.74) is 0. The van der Waals surface area contributed by atoms with E-state index in [2.05, 4.69) is 0 Å². The minimum absolute atomic E-state index is 0.0714. The fourth-order valence-corrected chi connectivity index (χ4v) is 0. The van der Waals surface area contributed by atoms with E-state index in [0.717, 1.165) is 0 Å². The molecule has 0 rings (SSSR count).